The predicted octanol–water partition coefficient (Wildman–Crippen LogP) is 4.59. The Morgan fingerprint density at radius 1 is 1.12 bits per heavy atom. The van der Waals surface area contributed by atoms with Crippen LogP contribution in [-0.4, -0.2) is 33.8 Å². The second kappa shape index (κ2) is 8.82. The summed E-state index contributed by atoms with van der Waals surface area (Å²) in [5.41, 5.74) is 2.09. The minimum absolute atomic E-state index is 0.0361. The number of rotatable bonds is 7. The molecule has 0 spiro atoms. The molecule has 26 heavy (non-hydrogen) atoms. The quantitative estimate of drug-likeness (QED) is 0.604. The molecule has 1 unspecified atom stereocenters. The van der Waals surface area contributed by atoms with E-state index in [4.69, 9.17) is 0 Å². The van der Waals surface area contributed by atoms with Crippen LogP contribution in [0.25, 0.3) is 0 Å². The third kappa shape index (κ3) is 4.83. The van der Waals surface area contributed by atoms with Gasteiger partial charge in [-0.3, -0.25) is 4.79 Å². The Kier molecular flexibility index (Phi) is 6.25. The monoisotopic (exact) mass is 384 g/mol. The first-order valence-corrected chi connectivity index (χ1v) is 10.0. The summed E-state index contributed by atoms with van der Waals surface area (Å²) in [7, 11) is 1.84. The molecule has 3 aromatic rings. The van der Waals surface area contributed by atoms with Gasteiger partial charge in [0.15, 0.2) is 4.34 Å². The summed E-state index contributed by atoms with van der Waals surface area (Å²) in [4.78, 5) is 14.2. The first-order chi connectivity index (χ1) is 12.6. The van der Waals surface area contributed by atoms with Gasteiger partial charge in [-0.05, 0) is 24.6 Å². The average molecular weight is 385 g/mol. The molecule has 2 aromatic carbocycles. The Hall–Kier alpha value is -2.38. The summed E-state index contributed by atoms with van der Waals surface area (Å²) in [6, 6.07) is 19.9. The van der Waals surface area contributed by atoms with Crippen molar-refractivity contribution < 1.29 is 4.79 Å². The van der Waals surface area contributed by atoms with Crippen molar-refractivity contribution in [3.05, 3.63) is 66.2 Å². The van der Waals surface area contributed by atoms with Crippen LogP contribution < -0.4 is 5.32 Å². The van der Waals surface area contributed by atoms with Crippen LogP contribution in [0.3, 0.4) is 0 Å². The molecule has 3 rings (SSSR count). The highest BCUT2D eigenvalue weighted by Crippen LogP contribution is 2.28. The van der Waals surface area contributed by atoms with Gasteiger partial charge in [-0.25, -0.2) is 0 Å². The van der Waals surface area contributed by atoms with Gasteiger partial charge in [0.05, 0.1) is 11.8 Å². The van der Waals surface area contributed by atoms with Gasteiger partial charge >= 0.3 is 0 Å². The Balaban J connectivity index is 1.53. The van der Waals surface area contributed by atoms with Crippen LogP contribution in [0.2, 0.25) is 0 Å². The summed E-state index contributed by atoms with van der Waals surface area (Å²) in [6.07, 6.45) is 0. The Morgan fingerprint density at radius 2 is 1.77 bits per heavy atom. The van der Waals surface area contributed by atoms with Gasteiger partial charge in [-0.1, -0.05) is 71.6 Å². The van der Waals surface area contributed by atoms with Crippen molar-refractivity contribution in [1.82, 2.24) is 15.1 Å². The molecular weight excluding hydrogens is 364 g/mol. The van der Waals surface area contributed by atoms with E-state index in [0.29, 0.717) is 5.75 Å². The number of benzene rings is 2. The van der Waals surface area contributed by atoms with Crippen molar-refractivity contribution in [2.45, 2.75) is 17.3 Å². The highest BCUT2D eigenvalue weighted by molar-refractivity contribution is 8.01. The number of para-hydroxylation sites is 1. The van der Waals surface area contributed by atoms with E-state index in [1.165, 1.54) is 23.1 Å². The van der Waals surface area contributed by atoms with Crippen molar-refractivity contribution in [2.24, 2.45) is 0 Å². The molecule has 0 aliphatic heterocycles. The van der Waals surface area contributed by atoms with Crippen LogP contribution in [0.5, 0.6) is 0 Å². The molecule has 1 aromatic heterocycles. The molecule has 1 atom stereocenters. The number of aromatic nitrogens is 2. The number of carbonyl (C=O) groups excluding carboxylic acids is 1. The number of thioether (sulfide) groups is 1. The molecule has 0 bridgehead atoms. The van der Waals surface area contributed by atoms with Gasteiger partial charge in [0.1, 0.15) is 0 Å². The van der Waals surface area contributed by atoms with E-state index in [0.717, 1.165) is 20.7 Å². The maximum absolute atomic E-state index is 12.5. The van der Waals surface area contributed by atoms with Gasteiger partial charge < -0.3 is 10.2 Å². The van der Waals surface area contributed by atoms with Gasteiger partial charge in [-0.2, -0.15) is 0 Å². The molecule has 0 radical (unpaired) electrons. The molecule has 0 aliphatic rings. The Morgan fingerprint density at radius 3 is 2.46 bits per heavy atom. The largest absolute Gasteiger partial charge is 0.338 e. The summed E-state index contributed by atoms with van der Waals surface area (Å²) >= 11 is 2.86. The zero-order valence-corrected chi connectivity index (χ0v) is 16.3. The molecule has 1 heterocycles. The third-order valence-electron chi connectivity index (χ3n) is 4.01. The minimum Gasteiger partial charge on any atom is -0.338 e. The third-order valence-corrected chi connectivity index (χ3v) is 5.96. The number of anilines is 2. The van der Waals surface area contributed by atoms with E-state index in [-0.39, 0.29) is 11.9 Å². The van der Waals surface area contributed by atoms with Crippen molar-refractivity contribution in [2.75, 3.05) is 18.1 Å². The molecule has 1 amide bonds. The predicted molar refractivity (Wildman–Crippen MR) is 108 cm³/mol. The van der Waals surface area contributed by atoms with Crippen LogP contribution in [0.4, 0.5) is 10.8 Å². The van der Waals surface area contributed by atoms with E-state index in [9.17, 15) is 4.79 Å². The van der Waals surface area contributed by atoms with Crippen LogP contribution in [0, 0.1) is 0 Å². The number of hydrogen-bond donors (Lipinski definition) is 1. The fourth-order valence-corrected chi connectivity index (χ4v) is 4.06. The van der Waals surface area contributed by atoms with Crippen LogP contribution >= 0.6 is 23.1 Å². The minimum atomic E-state index is 0.0361. The number of hydrogen-bond acceptors (Lipinski definition) is 6. The first-order valence-electron chi connectivity index (χ1n) is 8.22. The van der Waals surface area contributed by atoms with Crippen molar-refractivity contribution in [3.63, 3.8) is 0 Å². The summed E-state index contributed by atoms with van der Waals surface area (Å²) < 4.78 is 0.776. The van der Waals surface area contributed by atoms with Gasteiger partial charge in [0.2, 0.25) is 11.0 Å². The summed E-state index contributed by atoms with van der Waals surface area (Å²) in [5, 5.41) is 12.2. The number of carbonyl (C=O) groups is 1. The maximum atomic E-state index is 12.5. The van der Waals surface area contributed by atoms with Crippen molar-refractivity contribution in [3.8, 4) is 0 Å². The molecule has 7 heteroatoms. The van der Waals surface area contributed by atoms with Crippen LogP contribution in [-0.2, 0) is 4.79 Å². The van der Waals surface area contributed by atoms with Crippen molar-refractivity contribution >= 4 is 39.8 Å². The lowest BCUT2D eigenvalue weighted by Gasteiger charge is -2.25. The second-order valence-electron chi connectivity index (χ2n) is 5.74. The molecule has 0 saturated heterocycles. The van der Waals surface area contributed by atoms with Crippen LogP contribution in [0.15, 0.2) is 65.0 Å². The molecule has 1 N–H and O–H groups in total. The number of nitrogens with one attached hydrogen (secondary N) is 1. The Labute approximate surface area is 161 Å². The lowest BCUT2D eigenvalue weighted by Crippen LogP contribution is -2.31. The Bertz CT molecular complexity index is 839. The first kappa shape index (κ1) is 18.4. The fraction of sp³-hybridized carbons (Fsp3) is 0.211. The summed E-state index contributed by atoms with van der Waals surface area (Å²) in [6.45, 7) is 2.03. The molecule has 5 nitrogen and oxygen atoms in total. The highest BCUT2D eigenvalue weighted by atomic mass is 32.2. The second-order valence-corrected chi connectivity index (χ2v) is 7.94. The van der Waals surface area contributed by atoms with E-state index < -0.39 is 0 Å². The van der Waals surface area contributed by atoms with E-state index in [1.807, 2.05) is 74.6 Å². The molecule has 0 saturated carbocycles. The fourth-order valence-electron chi connectivity index (χ4n) is 2.36. The van der Waals surface area contributed by atoms with Gasteiger partial charge in [0, 0.05) is 12.7 Å². The molecule has 0 fully saturated rings. The smallest absolute Gasteiger partial charge is 0.233 e. The highest BCUT2D eigenvalue weighted by Gasteiger charge is 2.18. The van der Waals surface area contributed by atoms with Gasteiger partial charge in [0.25, 0.3) is 0 Å². The lowest BCUT2D eigenvalue weighted by atomic mass is 10.1. The maximum Gasteiger partial charge on any atom is 0.233 e. The number of amides is 1. The lowest BCUT2D eigenvalue weighted by molar-refractivity contribution is -0.128. The average Bonchev–Trinajstić information content (AvgIpc) is 3.13. The van der Waals surface area contributed by atoms with Crippen LogP contribution in [0.1, 0.15) is 18.5 Å². The van der Waals surface area contributed by atoms with E-state index >= 15 is 0 Å². The zero-order valence-electron chi connectivity index (χ0n) is 14.6. The SMILES string of the molecule is CC(c1ccccc1)N(C)C(=O)CSc1nnc(Nc2ccccc2)s1. The topological polar surface area (TPSA) is 58.1 Å². The van der Waals surface area contributed by atoms with E-state index in [2.05, 4.69) is 15.5 Å². The normalized spacial score (nSPS) is 11.8. The number of nitrogens with zero attached hydrogens (tertiary/aromatic N) is 3. The van der Waals surface area contributed by atoms with E-state index in [1.54, 1.807) is 4.90 Å². The van der Waals surface area contributed by atoms with Gasteiger partial charge in [-0.15, -0.1) is 10.2 Å². The standard InChI is InChI=1S/C19H20N4OS2/c1-14(15-9-5-3-6-10-15)23(2)17(24)13-25-19-22-21-18(26-19)20-16-11-7-4-8-12-16/h3-12,14H,13H2,1-2H3,(H,20,21). The molecule has 134 valence electrons. The zero-order chi connectivity index (χ0) is 18.4. The van der Waals surface area contributed by atoms with Crippen molar-refractivity contribution in [1.29, 1.82) is 0 Å². The summed E-state index contributed by atoms with van der Waals surface area (Å²) in [5.74, 6) is 0.410. The molecular formula is C19H20N4OS2. The molecule has 0 aliphatic carbocycles.